The topological polar surface area (TPSA) is 54.0 Å². The minimum atomic E-state index is -2.70. The molecule has 39 heavy (non-hydrogen) atoms. The van der Waals surface area contributed by atoms with E-state index in [1.165, 1.54) is 35.4 Å². The van der Waals surface area contributed by atoms with Crippen molar-refractivity contribution < 1.29 is 13.6 Å². The highest BCUT2D eigenvalue weighted by atomic mass is 32.1. The van der Waals surface area contributed by atoms with Crippen LogP contribution in [-0.2, 0) is 12.8 Å². The number of amides is 1. The lowest BCUT2D eigenvalue weighted by molar-refractivity contribution is 0.0228. The molecule has 3 aromatic rings. The normalized spacial score (nSPS) is 11.6. The van der Waals surface area contributed by atoms with Gasteiger partial charge in [-0.1, -0.05) is 57.2 Å². The van der Waals surface area contributed by atoms with E-state index in [0.717, 1.165) is 35.9 Å². The van der Waals surface area contributed by atoms with Crippen molar-refractivity contribution in [3.05, 3.63) is 64.7 Å². The Kier molecular flexibility index (Phi) is 18.9. The molecule has 0 saturated heterocycles. The van der Waals surface area contributed by atoms with Crippen LogP contribution >= 0.6 is 11.3 Å². The van der Waals surface area contributed by atoms with Gasteiger partial charge in [-0.15, -0.1) is 37.0 Å². The van der Waals surface area contributed by atoms with Crippen LogP contribution in [0.1, 0.15) is 67.9 Å². The maximum atomic E-state index is 12.7. The number of thiophene rings is 1. The van der Waals surface area contributed by atoms with Crippen LogP contribution in [-0.4, -0.2) is 36.4 Å². The molecule has 0 aliphatic heterocycles. The summed E-state index contributed by atoms with van der Waals surface area (Å²) in [6.45, 7) is 7.95. The van der Waals surface area contributed by atoms with E-state index in [1.54, 1.807) is 0 Å². The highest BCUT2D eigenvalue weighted by Gasteiger charge is 2.19. The second kappa shape index (κ2) is 20.7. The van der Waals surface area contributed by atoms with E-state index in [-0.39, 0.29) is 12.5 Å². The second-order valence-electron chi connectivity index (χ2n) is 9.55. The van der Waals surface area contributed by atoms with Gasteiger partial charge in [0.2, 0.25) is 0 Å². The lowest BCUT2D eigenvalue weighted by atomic mass is 9.96. The van der Waals surface area contributed by atoms with E-state index in [1.807, 2.05) is 42.5 Å². The molecule has 0 saturated carbocycles. The maximum absolute atomic E-state index is 12.7. The van der Waals surface area contributed by atoms with Crippen LogP contribution < -0.4 is 10.6 Å². The van der Waals surface area contributed by atoms with Gasteiger partial charge < -0.3 is 10.6 Å². The van der Waals surface area contributed by atoms with Gasteiger partial charge in [0, 0.05) is 24.5 Å². The Bertz CT molecular complexity index is 1020. The summed E-state index contributed by atoms with van der Waals surface area (Å²) in [6, 6.07) is 16.1. The number of carbonyl (C=O) groups is 1. The Morgan fingerprint density at radius 1 is 0.974 bits per heavy atom. The SMILES string of the molecule is C#C.C#C.CC(C)C.CC(F)(F)CNCCCNC(=O)c1cc2cc3c(nc2s1)CCCC3.c1ccccc1. The standard InChI is InChI=1S/C18H23F2N3OS.C6H6.C4H10.2C2H2/c1-18(19,20)11-21-7-4-8-22-16(24)15-10-13-9-12-5-2-3-6-14(12)23-17(13)25-15;1-2-4-6-5-3-1;1-4(2)3;2*1-2/h9-10,21H,2-8,11H2,1H3,(H,22,24);1-6H;4H,1-3H3;2*1-2H. The number of terminal acetylenes is 2. The van der Waals surface area contributed by atoms with Crippen molar-refractivity contribution in [2.45, 2.75) is 65.7 Å². The lowest BCUT2D eigenvalue weighted by Crippen LogP contribution is -2.32. The fourth-order valence-corrected chi connectivity index (χ4v) is 4.35. The van der Waals surface area contributed by atoms with Crippen LogP contribution in [0.3, 0.4) is 0 Å². The van der Waals surface area contributed by atoms with E-state index >= 15 is 0 Å². The van der Waals surface area contributed by atoms with Gasteiger partial charge in [0.1, 0.15) is 4.83 Å². The number of aryl methyl sites for hydroxylation is 2. The molecule has 1 aliphatic rings. The largest absolute Gasteiger partial charge is 0.351 e. The van der Waals surface area contributed by atoms with Gasteiger partial charge in [0.05, 0.1) is 11.4 Å². The molecule has 1 aliphatic carbocycles. The first-order chi connectivity index (χ1) is 18.7. The number of aromatic nitrogens is 1. The predicted molar refractivity (Wildman–Crippen MR) is 163 cm³/mol. The zero-order chi connectivity index (χ0) is 29.7. The van der Waals surface area contributed by atoms with Gasteiger partial charge in [-0.3, -0.25) is 4.79 Å². The molecule has 212 valence electrons. The number of hydrogen-bond donors (Lipinski definition) is 2. The predicted octanol–water partition coefficient (Wildman–Crippen LogP) is 7.39. The molecule has 4 rings (SSSR count). The molecule has 0 radical (unpaired) electrons. The van der Waals surface area contributed by atoms with E-state index in [2.05, 4.69) is 63.2 Å². The van der Waals surface area contributed by atoms with Gasteiger partial charge in [-0.05, 0) is 62.3 Å². The number of alkyl halides is 2. The van der Waals surface area contributed by atoms with Gasteiger partial charge in [0.25, 0.3) is 11.8 Å². The zero-order valence-electron chi connectivity index (χ0n) is 23.7. The monoisotopic (exact) mass is 555 g/mol. The molecule has 2 heterocycles. The molecule has 1 amide bonds. The third-order valence-corrected chi connectivity index (χ3v) is 5.97. The first-order valence-electron chi connectivity index (χ1n) is 13.1. The number of nitrogens with one attached hydrogen (secondary N) is 2. The summed E-state index contributed by atoms with van der Waals surface area (Å²) in [4.78, 5) is 18.5. The van der Waals surface area contributed by atoms with Gasteiger partial charge >= 0.3 is 0 Å². The summed E-state index contributed by atoms with van der Waals surface area (Å²) >= 11 is 1.41. The van der Waals surface area contributed by atoms with Gasteiger partial charge in [-0.2, -0.15) is 0 Å². The summed E-state index contributed by atoms with van der Waals surface area (Å²) in [5.41, 5.74) is 2.48. The number of hydrogen-bond acceptors (Lipinski definition) is 4. The highest BCUT2D eigenvalue weighted by Crippen LogP contribution is 2.29. The number of benzene rings is 1. The minimum Gasteiger partial charge on any atom is -0.351 e. The molecule has 0 atom stereocenters. The number of pyridine rings is 1. The van der Waals surface area contributed by atoms with Crippen molar-refractivity contribution in [3.63, 3.8) is 0 Å². The average molecular weight is 556 g/mol. The van der Waals surface area contributed by atoms with Crippen molar-refractivity contribution in [1.29, 1.82) is 0 Å². The third kappa shape index (κ3) is 16.3. The van der Waals surface area contributed by atoms with E-state index < -0.39 is 5.92 Å². The summed E-state index contributed by atoms with van der Waals surface area (Å²) in [6.07, 6.45) is 21.1. The molecule has 0 fully saturated rings. The smallest absolute Gasteiger partial charge is 0.261 e. The third-order valence-electron chi connectivity index (χ3n) is 4.93. The average Bonchev–Trinajstić information content (AvgIpc) is 3.35. The number of carbonyl (C=O) groups excluding carboxylic acids is 1. The van der Waals surface area contributed by atoms with Crippen LogP contribution in [0, 0.1) is 31.6 Å². The Morgan fingerprint density at radius 3 is 2.05 bits per heavy atom. The van der Waals surface area contributed by atoms with Crippen molar-refractivity contribution in [2.24, 2.45) is 5.92 Å². The molecule has 0 unspecified atom stereocenters. The molecule has 0 spiro atoms. The number of nitrogens with zero attached hydrogens (tertiary/aromatic N) is 1. The lowest BCUT2D eigenvalue weighted by Gasteiger charge is -2.13. The maximum Gasteiger partial charge on any atom is 0.261 e. The van der Waals surface area contributed by atoms with Gasteiger partial charge in [-0.25, -0.2) is 13.8 Å². The Labute approximate surface area is 238 Å². The van der Waals surface area contributed by atoms with Crippen LogP contribution in [0.5, 0.6) is 0 Å². The number of rotatable bonds is 7. The first kappa shape index (κ1) is 35.7. The molecule has 0 bridgehead atoms. The number of halogens is 2. The van der Waals surface area contributed by atoms with Crippen molar-refractivity contribution in [2.75, 3.05) is 19.6 Å². The van der Waals surface area contributed by atoms with Crippen LogP contribution in [0.2, 0.25) is 0 Å². The first-order valence-corrected chi connectivity index (χ1v) is 13.9. The van der Waals surface area contributed by atoms with Gasteiger partial charge in [0.15, 0.2) is 0 Å². The Hall–Kier alpha value is -3.26. The van der Waals surface area contributed by atoms with Crippen LogP contribution in [0.4, 0.5) is 8.78 Å². The summed E-state index contributed by atoms with van der Waals surface area (Å²) in [5.74, 6) is -1.99. The molecule has 7 heteroatoms. The van der Waals surface area contributed by atoms with Crippen LogP contribution in [0.15, 0.2) is 48.5 Å². The van der Waals surface area contributed by atoms with Crippen molar-refractivity contribution in [3.8, 4) is 25.7 Å². The van der Waals surface area contributed by atoms with Crippen LogP contribution in [0.25, 0.3) is 10.2 Å². The summed E-state index contributed by atoms with van der Waals surface area (Å²) in [5, 5.41) is 6.56. The molecular formula is C32H43F2N3OS. The second-order valence-corrected chi connectivity index (χ2v) is 10.6. The minimum absolute atomic E-state index is 0.123. The van der Waals surface area contributed by atoms with Crippen molar-refractivity contribution >= 4 is 27.5 Å². The van der Waals surface area contributed by atoms with Crippen molar-refractivity contribution in [1.82, 2.24) is 15.6 Å². The van der Waals surface area contributed by atoms with E-state index in [0.29, 0.717) is 24.4 Å². The fraction of sp³-hybridized carbons (Fsp3) is 0.438. The Morgan fingerprint density at radius 2 is 1.51 bits per heavy atom. The summed E-state index contributed by atoms with van der Waals surface area (Å²) in [7, 11) is 0. The quantitative estimate of drug-likeness (QED) is 0.236. The highest BCUT2D eigenvalue weighted by molar-refractivity contribution is 7.20. The fourth-order valence-electron chi connectivity index (χ4n) is 3.40. The summed E-state index contributed by atoms with van der Waals surface area (Å²) < 4.78 is 25.3. The molecule has 2 N–H and O–H groups in total. The molecule has 2 aromatic heterocycles. The van der Waals surface area contributed by atoms with E-state index in [9.17, 15) is 13.6 Å². The number of fused-ring (bicyclic) bond motifs is 2. The Balaban J connectivity index is 0.000000855. The molecular weight excluding hydrogens is 512 g/mol. The zero-order valence-corrected chi connectivity index (χ0v) is 24.5. The molecule has 4 nitrogen and oxygen atoms in total. The molecule has 1 aromatic carbocycles. The van der Waals surface area contributed by atoms with E-state index in [4.69, 9.17) is 4.98 Å².